The summed E-state index contributed by atoms with van der Waals surface area (Å²) in [6.07, 6.45) is 4.05. The molecule has 2 aliphatic rings. The van der Waals surface area contributed by atoms with Gasteiger partial charge in [-0.3, -0.25) is 9.58 Å². The van der Waals surface area contributed by atoms with E-state index in [0.29, 0.717) is 0 Å². The van der Waals surface area contributed by atoms with Gasteiger partial charge in [0, 0.05) is 31.4 Å². The summed E-state index contributed by atoms with van der Waals surface area (Å²) < 4.78 is 19.8. The average Bonchev–Trinajstić information content (AvgIpc) is 3.23. The Morgan fingerprint density at radius 3 is 2.43 bits per heavy atom. The minimum atomic E-state index is -0.346. The lowest BCUT2D eigenvalue weighted by atomic mass is 9.78. The Kier molecular flexibility index (Phi) is 5.35. The van der Waals surface area contributed by atoms with Crippen LogP contribution in [-0.2, 0) is 20.6 Å². The van der Waals surface area contributed by atoms with Crippen molar-refractivity contribution in [2.75, 3.05) is 32.8 Å². The van der Waals surface area contributed by atoms with E-state index in [4.69, 9.17) is 14.0 Å². The zero-order chi connectivity index (χ0) is 19.8. The number of rotatable bonds is 5. The Hall–Kier alpha value is -1.67. The molecule has 2 aromatic rings. The van der Waals surface area contributed by atoms with Gasteiger partial charge in [0.05, 0.1) is 37.2 Å². The number of hydrogen-bond acceptors (Lipinski definition) is 5. The minimum absolute atomic E-state index is 0.335. The number of hydrogen-bond donors (Lipinski definition) is 0. The van der Waals surface area contributed by atoms with Crippen LogP contribution in [0, 0.1) is 0 Å². The van der Waals surface area contributed by atoms with Gasteiger partial charge in [0.2, 0.25) is 0 Å². The molecular formula is C21H30BN3O3. The van der Waals surface area contributed by atoms with Gasteiger partial charge in [0.1, 0.15) is 0 Å². The number of benzene rings is 1. The van der Waals surface area contributed by atoms with Gasteiger partial charge in [0.25, 0.3) is 0 Å². The Morgan fingerprint density at radius 2 is 1.71 bits per heavy atom. The molecule has 3 heterocycles. The minimum Gasteiger partial charge on any atom is -0.399 e. The highest BCUT2D eigenvalue weighted by molar-refractivity contribution is 6.62. The summed E-state index contributed by atoms with van der Waals surface area (Å²) in [4.78, 5) is 2.42. The van der Waals surface area contributed by atoms with Crippen molar-refractivity contribution in [3.63, 3.8) is 0 Å². The van der Waals surface area contributed by atoms with E-state index >= 15 is 0 Å². The van der Waals surface area contributed by atoms with E-state index < -0.39 is 0 Å². The maximum absolute atomic E-state index is 6.19. The molecule has 0 amide bonds. The third kappa shape index (κ3) is 4.03. The second-order valence-electron chi connectivity index (χ2n) is 8.66. The third-order valence-corrected chi connectivity index (χ3v) is 6.13. The average molecular weight is 383 g/mol. The topological polar surface area (TPSA) is 48.8 Å². The summed E-state index contributed by atoms with van der Waals surface area (Å²) in [6.45, 7) is 13.9. The molecule has 6 nitrogen and oxygen atoms in total. The first-order chi connectivity index (χ1) is 13.3. The molecule has 7 heteroatoms. The fraction of sp³-hybridized carbons (Fsp3) is 0.571. The Bertz CT molecular complexity index is 799. The highest BCUT2D eigenvalue weighted by Gasteiger charge is 2.51. The summed E-state index contributed by atoms with van der Waals surface area (Å²) in [5, 5.41) is 4.55. The van der Waals surface area contributed by atoms with Crippen LogP contribution in [0.3, 0.4) is 0 Å². The summed E-state index contributed by atoms with van der Waals surface area (Å²) in [5.41, 5.74) is 2.61. The highest BCUT2D eigenvalue weighted by atomic mass is 16.7. The zero-order valence-corrected chi connectivity index (χ0v) is 17.4. The van der Waals surface area contributed by atoms with Crippen LogP contribution in [-0.4, -0.2) is 65.8 Å². The van der Waals surface area contributed by atoms with Crippen molar-refractivity contribution in [2.45, 2.75) is 45.4 Å². The smallest absolute Gasteiger partial charge is 0.399 e. The monoisotopic (exact) mass is 383 g/mol. The molecule has 28 heavy (non-hydrogen) atoms. The molecule has 0 radical (unpaired) electrons. The van der Waals surface area contributed by atoms with E-state index in [2.05, 4.69) is 68.2 Å². The summed E-state index contributed by atoms with van der Waals surface area (Å²) >= 11 is 0. The Labute approximate surface area is 167 Å². The SMILES string of the molecule is CC1(C)OB(c2cccc(-c3cnn(CCN4CCOCC4)c3)c2)OC1(C)C. The van der Waals surface area contributed by atoms with Crippen molar-refractivity contribution in [3.8, 4) is 11.1 Å². The quantitative estimate of drug-likeness (QED) is 0.741. The van der Waals surface area contributed by atoms with E-state index in [1.54, 1.807) is 0 Å². The van der Waals surface area contributed by atoms with Gasteiger partial charge in [-0.1, -0.05) is 24.3 Å². The lowest BCUT2D eigenvalue weighted by Gasteiger charge is -2.32. The van der Waals surface area contributed by atoms with Gasteiger partial charge in [-0.2, -0.15) is 5.10 Å². The van der Waals surface area contributed by atoms with Crippen LogP contribution >= 0.6 is 0 Å². The molecule has 150 valence electrons. The van der Waals surface area contributed by atoms with Crippen molar-refractivity contribution >= 4 is 12.6 Å². The number of ether oxygens (including phenoxy) is 1. The van der Waals surface area contributed by atoms with Crippen molar-refractivity contribution in [2.24, 2.45) is 0 Å². The first-order valence-corrected chi connectivity index (χ1v) is 10.1. The molecule has 0 N–H and O–H groups in total. The molecule has 1 aromatic carbocycles. The Balaban J connectivity index is 1.44. The first kappa shape index (κ1) is 19.6. The lowest BCUT2D eigenvalue weighted by molar-refractivity contribution is 0.00578. The molecule has 4 rings (SSSR count). The van der Waals surface area contributed by atoms with Gasteiger partial charge in [-0.15, -0.1) is 0 Å². The third-order valence-electron chi connectivity index (χ3n) is 6.13. The second kappa shape index (κ2) is 7.63. The van der Waals surface area contributed by atoms with Gasteiger partial charge < -0.3 is 14.0 Å². The van der Waals surface area contributed by atoms with Gasteiger partial charge in [-0.25, -0.2) is 0 Å². The van der Waals surface area contributed by atoms with E-state index in [1.165, 1.54) is 0 Å². The van der Waals surface area contributed by atoms with Crippen molar-refractivity contribution < 1.29 is 14.0 Å². The van der Waals surface area contributed by atoms with Gasteiger partial charge >= 0.3 is 7.12 Å². The normalized spacial score (nSPS) is 21.9. The fourth-order valence-electron chi connectivity index (χ4n) is 3.55. The lowest BCUT2D eigenvalue weighted by Crippen LogP contribution is -2.41. The number of morpholine rings is 1. The maximum atomic E-state index is 6.19. The van der Waals surface area contributed by atoms with Crippen LogP contribution in [0.25, 0.3) is 11.1 Å². The fourth-order valence-corrected chi connectivity index (χ4v) is 3.55. The summed E-state index contributed by atoms with van der Waals surface area (Å²) in [7, 11) is -0.346. The van der Waals surface area contributed by atoms with Crippen LogP contribution in [0.5, 0.6) is 0 Å². The van der Waals surface area contributed by atoms with E-state index in [-0.39, 0.29) is 18.3 Å². The molecule has 2 saturated heterocycles. The van der Waals surface area contributed by atoms with Crippen LogP contribution in [0.1, 0.15) is 27.7 Å². The van der Waals surface area contributed by atoms with Crippen LogP contribution < -0.4 is 5.46 Å². The van der Waals surface area contributed by atoms with Crippen molar-refractivity contribution in [1.29, 1.82) is 0 Å². The standard InChI is InChI=1S/C21H30BN3O3/c1-20(2)21(3,4)28-22(27-20)19-7-5-6-17(14-19)18-15-23-25(16-18)9-8-24-10-12-26-13-11-24/h5-7,14-16H,8-13H2,1-4H3. The number of aromatic nitrogens is 2. The molecule has 2 fully saturated rings. The largest absolute Gasteiger partial charge is 0.494 e. The highest BCUT2D eigenvalue weighted by Crippen LogP contribution is 2.36. The molecule has 0 aliphatic carbocycles. The predicted octanol–water partition coefficient (Wildman–Crippen LogP) is 2.18. The first-order valence-electron chi connectivity index (χ1n) is 10.1. The summed E-state index contributed by atoms with van der Waals surface area (Å²) in [5.74, 6) is 0. The van der Waals surface area contributed by atoms with E-state index in [9.17, 15) is 0 Å². The predicted molar refractivity (Wildman–Crippen MR) is 111 cm³/mol. The summed E-state index contributed by atoms with van der Waals surface area (Å²) in [6, 6.07) is 8.37. The molecule has 0 unspecified atom stereocenters. The molecule has 2 aliphatic heterocycles. The number of nitrogens with zero attached hydrogens (tertiary/aromatic N) is 3. The van der Waals surface area contributed by atoms with Crippen LogP contribution in [0.2, 0.25) is 0 Å². The van der Waals surface area contributed by atoms with Crippen LogP contribution in [0.15, 0.2) is 36.7 Å². The maximum Gasteiger partial charge on any atom is 0.494 e. The molecule has 0 saturated carbocycles. The van der Waals surface area contributed by atoms with Crippen molar-refractivity contribution in [1.82, 2.24) is 14.7 Å². The van der Waals surface area contributed by atoms with Gasteiger partial charge in [0.15, 0.2) is 0 Å². The van der Waals surface area contributed by atoms with E-state index in [1.807, 2.05) is 10.9 Å². The van der Waals surface area contributed by atoms with Gasteiger partial charge in [-0.05, 0) is 38.7 Å². The molecule has 0 atom stereocenters. The van der Waals surface area contributed by atoms with Crippen molar-refractivity contribution in [3.05, 3.63) is 36.7 Å². The molecule has 0 spiro atoms. The zero-order valence-electron chi connectivity index (χ0n) is 17.4. The molecular weight excluding hydrogens is 353 g/mol. The van der Waals surface area contributed by atoms with Crippen LogP contribution in [0.4, 0.5) is 0 Å². The Morgan fingerprint density at radius 1 is 1.00 bits per heavy atom. The molecule has 1 aromatic heterocycles. The van der Waals surface area contributed by atoms with E-state index in [0.717, 1.165) is 56.0 Å². The second-order valence-corrected chi connectivity index (χ2v) is 8.66. The molecule has 0 bridgehead atoms.